The van der Waals surface area contributed by atoms with Crippen LogP contribution in [0.1, 0.15) is 38.3 Å². The fraction of sp³-hybridized carbons (Fsp3) is 0.692. The highest BCUT2D eigenvalue weighted by atomic mass is 32.2. The van der Waals surface area contributed by atoms with E-state index in [4.69, 9.17) is 0 Å². The van der Waals surface area contributed by atoms with Crippen molar-refractivity contribution >= 4 is 17.6 Å². The second-order valence-corrected chi connectivity index (χ2v) is 5.72. The van der Waals surface area contributed by atoms with Gasteiger partial charge in [0.1, 0.15) is 6.33 Å². The number of aromatic nitrogens is 2. The molecule has 1 aromatic heterocycles. The molecule has 3 nitrogen and oxygen atoms in total. The fourth-order valence-electron chi connectivity index (χ4n) is 2.47. The summed E-state index contributed by atoms with van der Waals surface area (Å²) in [6.45, 7) is 1.90. The Hall–Kier alpha value is -0.840. The Kier molecular flexibility index (Phi) is 4.80. The molecule has 18 heavy (non-hydrogen) atoms. The highest BCUT2D eigenvalue weighted by Gasteiger charge is 2.25. The molecule has 2 unspecified atom stereocenters. The van der Waals surface area contributed by atoms with Gasteiger partial charge in [-0.05, 0) is 25.5 Å². The molecule has 1 aliphatic carbocycles. The zero-order valence-corrected chi connectivity index (χ0v) is 11.8. The quantitative estimate of drug-likeness (QED) is 0.910. The molecule has 0 amide bonds. The first-order chi connectivity index (χ1) is 8.76. The van der Waals surface area contributed by atoms with E-state index in [-0.39, 0.29) is 5.82 Å². The lowest BCUT2D eigenvalue weighted by atomic mass is 9.95. The van der Waals surface area contributed by atoms with Crippen molar-refractivity contribution in [1.82, 2.24) is 9.97 Å². The fourth-order valence-corrected chi connectivity index (χ4v) is 3.41. The number of nitrogens with one attached hydrogen (secondary N) is 1. The van der Waals surface area contributed by atoms with E-state index >= 15 is 0 Å². The number of thioether (sulfide) groups is 1. The Labute approximate surface area is 112 Å². The first kappa shape index (κ1) is 13.6. The van der Waals surface area contributed by atoms with Crippen LogP contribution in [-0.2, 0) is 6.42 Å². The van der Waals surface area contributed by atoms with Gasteiger partial charge in [-0.25, -0.2) is 14.4 Å². The largest absolute Gasteiger partial charge is 0.364 e. The van der Waals surface area contributed by atoms with Gasteiger partial charge in [-0.1, -0.05) is 19.8 Å². The van der Waals surface area contributed by atoms with E-state index in [0.29, 0.717) is 29.2 Å². The summed E-state index contributed by atoms with van der Waals surface area (Å²) in [5, 5.41) is 3.83. The number of hydrogen-bond donors (Lipinski definition) is 1. The average molecular weight is 269 g/mol. The molecule has 1 saturated carbocycles. The second-order valence-electron chi connectivity index (χ2n) is 4.65. The van der Waals surface area contributed by atoms with Gasteiger partial charge in [0.05, 0.1) is 5.69 Å². The SMILES string of the molecule is CCc1ncnc(NC2CCCCC2SC)c1F. The summed E-state index contributed by atoms with van der Waals surface area (Å²) in [5.41, 5.74) is 0.490. The highest BCUT2D eigenvalue weighted by Crippen LogP contribution is 2.29. The Bertz CT molecular complexity index is 400. The zero-order valence-electron chi connectivity index (χ0n) is 10.9. The summed E-state index contributed by atoms with van der Waals surface area (Å²) < 4.78 is 14.1. The molecule has 1 heterocycles. The summed E-state index contributed by atoms with van der Waals surface area (Å²) in [5.74, 6) is 0.0817. The number of anilines is 1. The van der Waals surface area contributed by atoms with Crippen LogP contribution in [-0.4, -0.2) is 27.5 Å². The molecule has 1 aliphatic rings. The Balaban J connectivity index is 2.12. The molecule has 1 fully saturated rings. The predicted octanol–water partition coefficient (Wildman–Crippen LogP) is 3.26. The van der Waals surface area contributed by atoms with E-state index in [0.717, 1.165) is 6.42 Å². The Morgan fingerprint density at radius 1 is 1.39 bits per heavy atom. The van der Waals surface area contributed by atoms with Gasteiger partial charge < -0.3 is 5.32 Å². The van der Waals surface area contributed by atoms with Crippen LogP contribution in [0.3, 0.4) is 0 Å². The molecule has 1 aromatic rings. The lowest BCUT2D eigenvalue weighted by Gasteiger charge is -2.31. The number of aryl methyl sites for hydroxylation is 1. The summed E-state index contributed by atoms with van der Waals surface area (Å²) in [6, 6.07) is 0.322. The lowest BCUT2D eigenvalue weighted by Crippen LogP contribution is -2.35. The minimum absolute atomic E-state index is 0.287. The van der Waals surface area contributed by atoms with Gasteiger partial charge in [0.15, 0.2) is 11.6 Å². The highest BCUT2D eigenvalue weighted by molar-refractivity contribution is 7.99. The van der Waals surface area contributed by atoms with E-state index in [2.05, 4.69) is 21.5 Å². The van der Waals surface area contributed by atoms with E-state index in [9.17, 15) is 4.39 Å². The van der Waals surface area contributed by atoms with Crippen LogP contribution >= 0.6 is 11.8 Å². The van der Waals surface area contributed by atoms with Gasteiger partial charge >= 0.3 is 0 Å². The third-order valence-electron chi connectivity index (χ3n) is 3.52. The number of nitrogens with zero attached hydrogens (tertiary/aromatic N) is 2. The molecule has 100 valence electrons. The number of hydrogen-bond acceptors (Lipinski definition) is 4. The number of halogens is 1. The van der Waals surface area contributed by atoms with Crippen molar-refractivity contribution in [2.24, 2.45) is 0 Å². The predicted molar refractivity (Wildman–Crippen MR) is 74.5 cm³/mol. The van der Waals surface area contributed by atoms with E-state index in [1.165, 1.54) is 25.6 Å². The first-order valence-corrected chi connectivity index (χ1v) is 7.83. The first-order valence-electron chi connectivity index (χ1n) is 6.55. The van der Waals surface area contributed by atoms with Gasteiger partial charge in [-0.2, -0.15) is 11.8 Å². The van der Waals surface area contributed by atoms with Gasteiger partial charge in [0.25, 0.3) is 0 Å². The molecule has 0 bridgehead atoms. The van der Waals surface area contributed by atoms with Crippen molar-refractivity contribution < 1.29 is 4.39 Å². The maximum Gasteiger partial charge on any atom is 0.186 e. The summed E-state index contributed by atoms with van der Waals surface area (Å²) >= 11 is 1.86. The van der Waals surface area contributed by atoms with Gasteiger partial charge in [-0.3, -0.25) is 0 Å². The van der Waals surface area contributed by atoms with Crippen LogP contribution in [0.15, 0.2) is 6.33 Å². The molecule has 5 heteroatoms. The third-order valence-corrected chi connectivity index (χ3v) is 4.69. The van der Waals surface area contributed by atoms with Crippen LogP contribution in [0, 0.1) is 5.82 Å². The van der Waals surface area contributed by atoms with E-state index in [1.807, 2.05) is 18.7 Å². The zero-order chi connectivity index (χ0) is 13.0. The van der Waals surface area contributed by atoms with Gasteiger partial charge in [0, 0.05) is 11.3 Å². The van der Waals surface area contributed by atoms with E-state index in [1.54, 1.807) is 0 Å². The van der Waals surface area contributed by atoms with Crippen molar-refractivity contribution in [3.8, 4) is 0 Å². The van der Waals surface area contributed by atoms with Crippen molar-refractivity contribution in [3.63, 3.8) is 0 Å². The van der Waals surface area contributed by atoms with Crippen LogP contribution < -0.4 is 5.32 Å². The van der Waals surface area contributed by atoms with Crippen molar-refractivity contribution in [3.05, 3.63) is 17.8 Å². The molecule has 0 spiro atoms. The van der Waals surface area contributed by atoms with Crippen molar-refractivity contribution in [1.29, 1.82) is 0 Å². The third kappa shape index (κ3) is 2.94. The van der Waals surface area contributed by atoms with Crippen molar-refractivity contribution in [2.75, 3.05) is 11.6 Å². The van der Waals surface area contributed by atoms with E-state index < -0.39 is 0 Å². The topological polar surface area (TPSA) is 37.8 Å². The molecule has 0 aliphatic heterocycles. The molecule has 1 N–H and O–H groups in total. The molecular weight excluding hydrogens is 249 g/mol. The molecule has 2 atom stereocenters. The lowest BCUT2D eigenvalue weighted by molar-refractivity contribution is 0.470. The normalized spacial score (nSPS) is 23.9. The standard InChI is InChI=1S/C13H20FN3S/c1-3-9-12(14)13(16-8-15-9)17-10-6-4-5-7-11(10)18-2/h8,10-11H,3-7H2,1-2H3,(H,15,16,17). The van der Waals surface area contributed by atoms with Crippen LogP contribution in [0.5, 0.6) is 0 Å². The second kappa shape index (κ2) is 6.36. The average Bonchev–Trinajstić information content (AvgIpc) is 2.42. The summed E-state index contributed by atoms with van der Waals surface area (Å²) in [4.78, 5) is 8.00. The van der Waals surface area contributed by atoms with Crippen LogP contribution in [0.2, 0.25) is 0 Å². The van der Waals surface area contributed by atoms with Crippen molar-refractivity contribution in [2.45, 2.75) is 50.3 Å². The van der Waals surface area contributed by atoms with Crippen LogP contribution in [0.4, 0.5) is 10.2 Å². The van der Waals surface area contributed by atoms with Crippen LogP contribution in [0.25, 0.3) is 0 Å². The van der Waals surface area contributed by atoms with Gasteiger partial charge in [0.2, 0.25) is 0 Å². The molecule has 0 aromatic carbocycles. The molecule has 0 radical (unpaired) electrons. The Morgan fingerprint density at radius 3 is 2.89 bits per heavy atom. The monoisotopic (exact) mass is 269 g/mol. The molecule has 0 saturated heterocycles. The maximum absolute atomic E-state index is 14.1. The Morgan fingerprint density at radius 2 is 2.17 bits per heavy atom. The molecular formula is C13H20FN3S. The minimum atomic E-state index is -0.287. The minimum Gasteiger partial charge on any atom is -0.364 e. The summed E-state index contributed by atoms with van der Waals surface area (Å²) in [6.07, 6.45) is 8.94. The smallest absolute Gasteiger partial charge is 0.186 e. The maximum atomic E-state index is 14.1. The molecule has 2 rings (SSSR count). The van der Waals surface area contributed by atoms with Gasteiger partial charge in [-0.15, -0.1) is 0 Å². The summed E-state index contributed by atoms with van der Waals surface area (Å²) in [7, 11) is 0. The number of rotatable bonds is 4.